The molecule has 8 nitrogen and oxygen atoms in total. The maximum atomic E-state index is 12.8. The van der Waals surface area contributed by atoms with Crippen LogP contribution in [0.2, 0.25) is 10.0 Å². The monoisotopic (exact) mass is 463 g/mol. The number of nitrogens with one attached hydrogen (secondary N) is 2. The summed E-state index contributed by atoms with van der Waals surface area (Å²) >= 11 is 13.3. The molecule has 0 atom stereocenters. The molecular weight excluding hydrogens is 449 g/mol. The lowest BCUT2D eigenvalue weighted by molar-refractivity contribution is -0.117. The van der Waals surface area contributed by atoms with Crippen molar-refractivity contribution in [3.05, 3.63) is 68.5 Å². The molecule has 3 rings (SSSR count). The quantitative estimate of drug-likeness (QED) is 0.396. The molecule has 154 valence electrons. The standard InChI is InChI=1S/C19H15Cl2N5O3S/c20-11-2-1-3-12(21)14(11)15(28)16-17(23)26-19(30-16)25-10-6-4-9(5-7-10)18(29)24-8-13(22)27/h1-7H,8,23H2,(H2,22,27)(H,24,29)(H,25,26). The number of anilines is 3. The molecule has 0 spiro atoms. The van der Waals surface area contributed by atoms with Crippen LogP contribution in [0.4, 0.5) is 16.6 Å². The van der Waals surface area contributed by atoms with Crippen LogP contribution in [0.3, 0.4) is 0 Å². The van der Waals surface area contributed by atoms with Crippen molar-refractivity contribution in [3.63, 3.8) is 0 Å². The second-order valence-corrected chi connectivity index (χ2v) is 7.82. The number of benzene rings is 2. The first-order valence-corrected chi connectivity index (χ1v) is 10.0. The van der Waals surface area contributed by atoms with Gasteiger partial charge in [0.2, 0.25) is 11.7 Å². The van der Waals surface area contributed by atoms with Crippen molar-refractivity contribution in [1.82, 2.24) is 10.3 Å². The van der Waals surface area contributed by atoms with Crippen molar-refractivity contribution in [1.29, 1.82) is 0 Å². The number of nitrogens with two attached hydrogens (primary N) is 2. The first-order chi connectivity index (χ1) is 14.3. The number of carbonyl (C=O) groups is 3. The summed E-state index contributed by atoms with van der Waals surface area (Å²) in [7, 11) is 0. The molecule has 6 N–H and O–H groups in total. The lowest BCUT2D eigenvalue weighted by Crippen LogP contribution is -2.33. The Balaban J connectivity index is 1.75. The maximum Gasteiger partial charge on any atom is 0.251 e. The van der Waals surface area contributed by atoms with Gasteiger partial charge in [0.1, 0.15) is 10.7 Å². The normalized spacial score (nSPS) is 10.5. The number of rotatable bonds is 7. The molecule has 1 heterocycles. The third-order valence-electron chi connectivity index (χ3n) is 3.87. The predicted molar refractivity (Wildman–Crippen MR) is 118 cm³/mol. The summed E-state index contributed by atoms with van der Waals surface area (Å²) < 4.78 is 0. The molecule has 0 saturated heterocycles. The molecule has 2 aromatic carbocycles. The average molecular weight is 464 g/mol. The zero-order valence-corrected chi connectivity index (χ0v) is 17.6. The zero-order valence-electron chi connectivity index (χ0n) is 15.2. The number of hydrogen-bond donors (Lipinski definition) is 4. The lowest BCUT2D eigenvalue weighted by Gasteiger charge is -2.05. The molecule has 0 fully saturated rings. The van der Waals surface area contributed by atoms with Crippen molar-refractivity contribution in [2.24, 2.45) is 5.73 Å². The van der Waals surface area contributed by atoms with Crippen LogP contribution in [0.15, 0.2) is 42.5 Å². The molecule has 0 aliphatic heterocycles. The van der Waals surface area contributed by atoms with Gasteiger partial charge in [0.15, 0.2) is 5.13 Å². The number of nitrogens with zero attached hydrogens (tertiary/aromatic N) is 1. The van der Waals surface area contributed by atoms with E-state index < -0.39 is 17.6 Å². The number of aromatic nitrogens is 1. The Kier molecular flexibility index (Phi) is 6.56. The van der Waals surface area contributed by atoms with Crippen LogP contribution < -0.4 is 22.1 Å². The van der Waals surface area contributed by atoms with Gasteiger partial charge in [-0.3, -0.25) is 14.4 Å². The van der Waals surface area contributed by atoms with Crippen LogP contribution in [0.1, 0.15) is 25.6 Å². The molecule has 1 aromatic heterocycles. The van der Waals surface area contributed by atoms with Crippen molar-refractivity contribution >= 4 is 68.8 Å². The van der Waals surface area contributed by atoms with Crippen LogP contribution in [0.5, 0.6) is 0 Å². The number of amides is 2. The molecule has 3 aromatic rings. The molecule has 2 amide bonds. The maximum absolute atomic E-state index is 12.8. The Morgan fingerprint density at radius 3 is 2.27 bits per heavy atom. The molecule has 11 heteroatoms. The number of nitrogen functional groups attached to an aromatic ring is 1. The van der Waals surface area contributed by atoms with Crippen molar-refractivity contribution in [3.8, 4) is 0 Å². The first-order valence-electron chi connectivity index (χ1n) is 8.45. The van der Waals surface area contributed by atoms with Crippen LogP contribution in [-0.4, -0.2) is 29.1 Å². The van der Waals surface area contributed by atoms with Gasteiger partial charge in [0.05, 0.1) is 22.2 Å². The SMILES string of the molecule is NC(=O)CNC(=O)c1ccc(Nc2nc(N)c(C(=O)c3c(Cl)cccc3Cl)s2)cc1. The highest BCUT2D eigenvalue weighted by Gasteiger charge is 2.22. The van der Waals surface area contributed by atoms with Crippen molar-refractivity contribution in [2.45, 2.75) is 0 Å². The third kappa shape index (κ3) is 4.88. The van der Waals surface area contributed by atoms with E-state index in [0.29, 0.717) is 16.4 Å². The summed E-state index contributed by atoms with van der Waals surface area (Å²) in [6, 6.07) is 11.2. The van der Waals surface area contributed by atoms with Crippen molar-refractivity contribution in [2.75, 3.05) is 17.6 Å². The van der Waals surface area contributed by atoms with E-state index in [2.05, 4.69) is 15.6 Å². The number of thiazole rings is 1. The molecule has 0 bridgehead atoms. The van der Waals surface area contributed by atoms with Gasteiger partial charge in [-0.25, -0.2) is 4.98 Å². The number of carbonyl (C=O) groups excluding carboxylic acids is 3. The average Bonchev–Trinajstić information content (AvgIpc) is 3.06. The highest BCUT2D eigenvalue weighted by atomic mass is 35.5. The molecule has 0 radical (unpaired) electrons. The molecule has 0 saturated carbocycles. The minimum Gasteiger partial charge on any atom is -0.382 e. The van der Waals surface area contributed by atoms with Crippen LogP contribution >= 0.6 is 34.5 Å². The highest BCUT2D eigenvalue weighted by Crippen LogP contribution is 2.33. The summed E-state index contributed by atoms with van der Waals surface area (Å²) in [5.41, 5.74) is 12.0. The topological polar surface area (TPSA) is 140 Å². The fraction of sp³-hybridized carbons (Fsp3) is 0.0526. The minimum atomic E-state index is -0.633. The highest BCUT2D eigenvalue weighted by molar-refractivity contribution is 7.18. The number of primary amides is 1. The van der Waals surface area contributed by atoms with Gasteiger partial charge in [-0.05, 0) is 36.4 Å². The molecular formula is C19H15Cl2N5O3S. The number of ketones is 1. The van der Waals surface area contributed by atoms with E-state index in [9.17, 15) is 14.4 Å². The third-order valence-corrected chi connectivity index (χ3v) is 5.49. The number of halogens is 2. The van der Waals surface area contributed by atoms with Gasteiger partial charge in [-0.2, -0.15) is 0 Å². The van der Waals surface area contributed by atoms with Gasteiger partial charge in [-0.15, -0.1) is 0 Å². The Morgan fingerprint density at radius 2 is 1.67 bits per heavy atom. The molecule has 0 aliphatic carbocycles. The Hall–Kier alpha value is -3.14. The largest absolute Gasteiger partial charge is 0.382 e. The lowest BCUT2D eigenvalue weighted by atomic mass is 10.1. The van der Waals surface area contributed by atoms with E-state index >= 15 is 0 Å². The Morgan fingerprint density at radius 1 is 1.03 bits per heavy atom. The van der Waals surface area contributed by atoms with Gasteiger partial charge < -0.3 is 22.1 Å². The first kappa shape index (κ1) is 21.6. The van der Waals surface area contributed by atoms with E-state index in [1.165, 1.54) is 0 Å². The summed E-state index contributed by atoms with van der Waals surface area (Å²) in [6.07, 6.45) is 0. The minimum absolute atomic E-state index is 0.0472. The van der Waals surface area contributed by atoms with E-state index in [0.717, 1.165) is 11.3 Å². The fourth-order valence-electron chi connectivity index (χ4n) is 2.47. The van der Waals surface area contributed by atoms with E-state index in [-0.39, 0.29) is 32.8 Å². The number of hydrogen-bond acceptors (Lipinski definition) is 7. The van der Waals surface area contributed by atoms with Gasteiger partial charge in [0, 0.05) is 11.3 Å². The second-order valence-electron chi connectivity index (χ2n) is 6.01. The van der Waals surface area contributed by atoms with E-state index in [1.807, 2.05) is 0 Å². The van der Waals surface area contributed by atoms with Gasteiger partial charge in [0.25, 0.3) is 5.91 Å². The van der Waals surface area contributed by atoms with Gasteiger partial charge >= 0.3 is 0 Å². The summed E-state index contributed by atoms with van der Waals surface area (Å²) in [5, 5.41) is 6.24. The summed E-state index contributed by atoms with van der Waals surface area (Å²) in [4.78, 5) is 39.8. The summed E-state index contributed by atoms with van der Waals surface area (Å²) in [5.74, 6) is -1.43. The van der Waals surface area contributed by atoms with Crippen LogP contribution in [0, 0.1) is 0 Å². The molecule has 30 heavy (non-hydrogen) atoms. The summed E-state index contributed by atoms with van der Waals surface area (Å²) in [6.45, 7) is -0.247. The Bertz CT molecular complexity index is 1110. The van der Waals surface area contributed by atoms with Gasteiger partial charge in [-0.1, -0.05) is 40.6 Å². The molecule has 0 aliphatic rings. The van der Waals surface area contributed by atoms with E-state index in [1.54, 1.807) is 42.5 Å². The smallest absolute Gasteiger partial charge is 0.251 e. The fourth-order valence-corrected chi connectivity index (χ4v) is 3.89. The second kappa shape index (κ2) is 9.12. The Labute approximate surface area is 185 Å². The zero-order chi connectivity index (χ0) is 21.8. The van der Waals surface area contributed by atoms with Crippen molar-refractivity contribution < 1.29 is 14.4 Å². The van der Waals surface area contributed by atoms with Crippen LogP contribution in [-0.2, 0) is 4.79 Å². The van der Waals surface area contributed by atoms with Crippen LogP contribution in [0.25, 0.3) is 0 Å². The molecule has 0 unspecified atom stereocenters. The predicted octanol–water partition coefficient (Wildman–Crippen LogP) is 3.22. The van der Waals surface area contributed by atoms with E-state index in [4.69, 9.17) is 34.7 Å².